The Morgan fingerprint density at radius 3 is 1.25 bits per heavy atom. The monoisotopic (exact) mass is 1120 g/mol. The zero-order valence-electron chi connectivity index (χ0n) is 54.9. The van der Waals surface area contributed by atoms with Gasteiger partial charge in [-0.1, -0.05) is 212 Å². The maximum Gasteiger partial charge on any atom is 0.252 e. The maximum atomic E-state index is 5.92. The zero-order valence-corrected chi connectivity index (χ0v) is 54.9. The lowest BCUT2D eigenvalue weighted by molar-refractivity contribution is 0.444. The second-order valence-corrected chi connectivity index (χ2v) is 33.3. The number of hydrogen-bond acceptors (Lipinski definition) is 2. The molecule has 0 spiro atoms. The highest BCUT2D eigenvalue weighted by molar-refractivity contribution is 7.00. The molecule has 4 aliphatic rings. The molecule has 5 heteroatoms. The predicted octanol–water partition coefficient (Wildman–Crippen LogP) is 20.2. The van der Waals surface area contributed by atoms with Gasteiger partial charge in [-0.25, -0.2) is 9.97 Å². The van der Waals surface area contributed by atoms with Crippen molar-refractivity contribution < 1.29 is 0 Å². The molecule has 2 aliphatic carbocycles. The van der Waals surface area contributed by atoms with Crippen LogP contribution in [0.1, 0.15) is 245 Å². The Balaban J connectivity index is 1.20. The summed E-state index contributed by atoms with van der Waals surface area (Å²) in [6, 6.07) is 42.4. The molecule has 2 fully saturated rings. The van der Waals surface area contributed by atoms with Gasteiger partial charge in [0, 0.05) is 60.5 Å². The molecule has 2 aliphatic heterocycles. The van der Waals surface area contributed by atoms with E-state index in [0.717, 1.165) is 33.5 Å². The molecule has 14 rings (SSSR count). The van der Waals surface area contributed by atoms with Crippen LogP contribution in [-0.2, 0) is 32.5 Å². The molecule has 85 heavy (non-hydrogen) atoms. The fourth-order valence-electron chi connectivity index (χ4n) is 15.9. The van der Waals surface area contributed by atoms with Crippen molar-refractivity contribution in [2.45, 2.75) is 233 Å². The molecule has 0 radical (unpaired) electrons. The summed E-state index contributed by atoms with van der Waals surface area (Å²) in [5.41, 5.74) is 27.3. The van der Waals surface area contributed by atoms with Crippen LogP contribution in [0.15, 0.2) is 103 Å². The van der Waals surface area contributed by atoms with Crippen molar-refractivity contribution in [3.63, 3.8) is 0 Å². The van der Waals surface area contributed by atoms with Crippen molar-refractivity contribution >= 4 is 77.6 Å². The van der Waals surface area contributed by atoms with Gasteiger partial charge in [0.05, 0.1) is 22.2 Å². The number of rotatable bonds is 4. The number of aromatic nitrogens is 4. The van der Waals surface area contributed by atoms with Gasteiger partial charge in [0.2, 0.25) is 0 Å². The highest BCUT2D eigenvalue weighted by atomic mass is 15.0. The minimum absolute atomic E-state index is 0.00846. The summed E-state index contributed by atoms with van der Waals surface area (Å²) in [6.45, 7) is 43.2. The number of nitrogens with zero attached hydrogens (tertiary/aromatic N) is 4. The molecule has 0 amide bonds. The van der Waals surface area contributed by atoms with Crippen molar-refractivity contribution in [1.82, 2.24) is 19.1 Å². The van der Waals surface area contributed by atoms with E-state index >= 15 is 0 Å². The van der Waals surface area contributed by atoms with Crippen molar-refractivity contribution in [3.8, 4) is 34.0 Å². The molecule has 10 aromatic rings. The van der Waals surface area contributed by atoms with Gasteiger partial charge in [0.1, 0.15) is 0 Å². The van der Waals surface area contributed by atoms with Crippen LogP contribution in [0.4, 0.5) is 0 Å². The molecule has 436 valence electrons. The molecule has 5 heterocycles. The van der Waals surface area contributed by atoms with Crippen LogP contribution in [0.2, 0.25) is 0 Å². The Kier molecular flexibility index (Phi) is 12.6. The molecular formula is C80H93BN4. The molecule has 7 aromatic carbocycles. The lowest BCUT2D eigenvalue weighted by Crippen LogP contribution is -2.59. The standard InChI is InChI=1S/C80H93BN4/c1-75(2,3)52-33-50(34-53(41-52)76(4,5)6)71-56-31-25-26-32-63(56)82-74(83-71)51-39-66-70-67(40-51)85-65-45-55(78(10,11)12)43-60(80(16,17)18)69(65)58-36-49(47-29-23-20-24-30-47)38-62(73(58)85)81(70)61-37-48(46-27-21-19-22-28-46)35-57-68-59(79(13,14)15)42-54(77(7,8)9)44-64(68)84(66)72(57)61/h25-26,31-47H,19-24,27-30H2,1-18H3. The quantitative estimate of drug-likeness (QED) is 0.165. The molecule has 0 saturated heterocycles. The first-order valence-electron chi connectivity index (χ1n) is 32.9. The van der Waals surface area contributed by atoms with Gasteiger partial charge in [0.15, 0.2) is 5.82 Å². The van der Waals surface area contributed by atoms with E-state index in [1.54, 1.807) is 11.1 Å². The van der Waals surface area contributed by atoms with Crippen LogP contribution in [0.25, 0.3) is 88.5 Å². The van der Waals surface area contributed by atoms with E-state index in [2.05, 4.69) is 237 Å². The topological polar surface area (TPSA) is 35.6 Å². The van der Waals surface area contributed by atoms with Crippen LogP contribution in [-0.4, -0.2) is 25.8 Å². The van der Waals surface area contributed by atoms with E-state index in [1.807, 2.05) is 0 Å². The van der Waals surface area contributed by atoms with Gasteiger partial charge in [-0.15, -0.1) is 0 Å². The summed E-state index contributed by atoms with van der Waals surface area (Å²) in [6.07, 6.45) is 12.9. The minimum Gasteiger partial charge on any atom is -0.310 e. The van der Waals surface area contributed by atoms with Crippen LogP contribution >= 0.6 is 0 Å². The third kappa shape index (κ3) is 9.10. The number of para-hydroxylation sites is 1. The second kappa shape index (κ2) is 19.0. The lowest BCUT2D eigenvalue weighted by atomic mass is 9.34. The summed E-state index contributed by atoms with van der Waals surface area (Å²) in [5.74, 6) is 1.84. The van der Waals surface area contributed by atoms with E-state index in [1.165, 1.54) is 169 Å². The van der Waals surface area contributed by atoms with E-state index < -0.39 is 0 Å². The summed E-state index contributed by atoms with van der Waals surface area (Å²) >= 11 is 0. The summed E-state index contributed by atoms with van der Waals surface area (Å²) in [4.78, 5) is 11.6. The first-order valence-corrected chi connectivity index (χ1v) is 32.9. The normalized spacial score (nSPS) is 16.5. The number of hydrogen-bond donors (Lipinski definition) is 0. The third-order valence-corrected chi connectivity index (χ3v) is 20.9. The van der Waals surface area contributed by atoms with E-state index in [9.17, 15) is 0 Å². The van der Waals surface area contributed by atoms with Gasteiger partial charge in [-0.2, -0.15) is 0 Å². The van der Waals surface area contributed by atoms with Gasteiger partial charge in [-0.05, 0) is 186 Å². The van der Waals surface area contributed by atoms with Crippen LogP contribution in [0, 0.1) is 0 Å². The molecular weight excluding hydrogens is 1030 g/mol. The van der Waals surface area contributed by atoms with Crippen molar-refractivity contribution in [2.24, 2.45) is 0 Å². The smallest absolute Gasteiger partial charge is 0.252 e. The Bertz CT molecular complexity index is 4190. The van der Waals surface area contributed by atoms with Crippen molar-refractivity contribution in [3.05, 3.63) is 148 Å². The van der Waals surface area contributed by atoms with Crippen molar-refractivity contribution in [1.29, 1.82) is 0 Å². The summed E-state index contributed by atoms with van der Waals surface area (Å²) in [7, 11) is 0. The SMILES string of the molecule is CC(C)(C)c1cc(-c2nc(-c3cc4c5c(c3)-n3c6cc(C(C)(C)C)cc(C(C)(C)C)c6c6cc(C7CCCCC7)cc(c63)B5c3cc(C5CCCCC5)cc5c6c(C(C)(C)C)cc(C(C)(C)C)cc6n-4c35)nc3ccccc23)cc(C(C)(C)C)c1. The lowest BCUT2D eigenvalue weighted by Gasteiger charge is -2.35. The maximum absolute atomic E-state index is 5.92. The van der Waals surface area contributed by atoms with Crippen LogP contribution in [0.5, 0.6) is 0 Å². The largest absolute Gasteiger partial charge is 0.310 e. The average molecular weight is 1120 g/mol. The molecule has 0 N–H and O–H groups in total. The Morgan fingerprint density at radius 1 is 0.400 bits per heavy atom. The Labute approximate surface area is 508 Å². The number of benzene rings is 7. The first kappa shape index (κ1) is 56.4. The average Bonchev–Trinajstić information content (AvgIpc) is 1.56. The fraction of sp³-hybridized carbons (Fsp3) is 0.450. The van der Waals surface area contributed by atoms with Gasteiger partial charge >= 0.3 is 0 Å². The minimum atomic E-state index is -0.114. The number of fused-ring (bicyclic) bond motifs is 11. The fourth-order valence-corrected chi connectivity index (χ4v) is 15.9. The molecule has 0 atom stereocenters. The second-order valence-electron chi connectivity index (χ2n) is 33.3. The molecule has 2 saturated carbocycles. The molecule has 4 nitrogen and oxygen atoms in total. The summed E-state index contributed by atoms with van der Waals surface area (Å²) < 4.78 is 5.55. The van der Waals surface area contributed by atoms with E-state index in [0.29, 0.717) is 11.8 Å². The zero-order chi connectivity index (χ0) is 60.0. The molecule has 0 bridgehead atoms. The van der Waals surface area contributed by atoms with Crippen LogP contribution < -0.4 is 16.4 Å². The van der Waals surface area contributed by atoms with Crippen LogP contribution in [0.3, 0.4) is 0 Å². The van der Waals surface area contributed by atoms with E-state index in [4.69, 9.17) is 9.97 Å². The van der Waals surface area contributed by atoms with E-state index in [-0.39, 0.29) is 39.2 Å². The molecule has 0 unspecified atom stereocenters. The van der Waals surface area contributed by atoms with Gasteiger partial charge in [0.25, 0.3) is 6.71 Å². The van der Waals surface area contributed by atoms with Gasteiger partial charge in [-0.3, -0.25) is 0 Å². The highest BCUT2D eigenvalue weighted by Gasteiger charge is 2.44. The predicted molar refractivity (Wildman–Crippen MR) is 368 cm³/mol. The van der Waals surface area contributed by atoms with Crippen molar-refractivity contribution in [2.75, 3.05) is 0 Å². The first-order chi connectivity index (χ1) is 39.9. The van der Waals surface area contributed by atoms with Gasteiger partial charge < -0.3 is 9.13 Å². The third-order valence-electron chi connectivity index (χ3n) is 20.9. The summed E-state index contributed by atoms with van der Waals surface area (Å²) in [5, 5.41) is 6.75. The Hall–Kier alpha value is -6.46. The molecule has 3 aromatic heterocycles. The highest BCUT2D eigenvalue weighted by Crippen LogP contribution is 2.50. The Morgan fingerprint density at radius 2 is 0.824 bits per heavy atom.